The zero-order chi connectivity index (χ0) is 20.9. The molecule has 0 radical (unpaired) electrons. The molecule has 1 unspecified atom stereocenters. The van der Waals surface area contributed by atoms with Crippen molar-refractivity contribution in [1.29, 1.82) is 0 Å². The van der Waals surface area contributed by atoms with Crippen LogP contribution < -0.4 is 10.6 Å². The molecule has 150 valence electrons. The lowest BCUT2D eigenvalue weighted by atomic mass is 10.1. The smallest absolute Gasteiger partial charge is 0.433 e. The molecule has 0 spiro atoms. The number of nitrogens with zero attached hydrogens (tertiary/aromatic N) is 2. The maximum atomic E-state index is 12.6. The Morgan fingerprint density at radius 2 is 1.48 bits per heavy atom. The molecule has 0 aliphatic carbocycles. The minimum atomic E-state index is -2.64. The van der Waals surface area contributed by atoms with E-state index in [1.165, 1.54) is 12.7 Å². The fourth-order valence-corrected chi connectivity index (χ4v) is 7.33. The van der Waals surface area contributed by atoms with Crippen LogP contribution >= 0.6 is 7.21 Å². The van der Waals surface area contributed by atoms with Gasteiger partial charge in [-0.2, -0.15) is 4.74 Å². The van der Waals surface area contributed by atoms with Crippen molar-refractivity contribution in [3.05, 3.63) is 96.1 Å². The fraction of sp³-hybridized carbons (Fsp3) is 0.208. The zero-order valence-electron chi connectivity index (χ0n) is 17.3. The average molecular weight is 406 g/mol. The van der Waals surface area contributed by atoms with Gasteiger partial charge in [-0.1, -0.05) is 84.9 Å². The summed E-state index contributed by atoms with van der Waals surface area (Å²) in [7, 11) is 0.792. The summed E-state index contributed by atoms with van der Waals surface area (Å²) in [6, 6.07) is 28.6. The highest BCUT2D eigenvalue weighted by Crippen LogP contribution is 2.54. The van der Waals surface area contributed by atoms with Gasteiger partial charge in [-0.3, -0.25) is 4.67 Å². The Balaban J connectivity index is 2.35. The summed E-state index contributed by atoms with van der Waals surface area (Å²) in [5, 5.41) is 2.08. The molecule has 29 heavy (non-hydrogen) atoms. The second-order valence-corrected chi connectivity index (χ2v) is 9.99. The second kappa shape index (κ2) is 9.21. The Labute approximate surface area is 173 Å². The first-order chi connectivity index (χ1) is 14.0. The molecule has 0 N–H and O–H groups in total. The third-order valence-electron chi connectivity index (χ3n) is 5.27. The number of ether oxygens (including phenoxy) is 1. The summed E-state index contributed by atoms with van der Waals surface area (Å²) in [6.45, 7) is 4.22. The van der Waals surface area contributed by atoms with E-state index in [4.69, 9.17) is 9.48 Å². The zero-order valence-corrected chi connectivity index (χ0v) is 18.2. The van der Waals surface area contributed by atoms with Crippen molar-refractivity contribution in [3.8, 4) is 0 Å². The minimum Gasteiger partial charge on any atom is -0.451 e. The van der Waals surface area contributed by atoms with Gasteiger partial charge < -0.3 is 4.74 Å². The third-order valence-corrected chi connectivity index (χ3v) is 9.17. The van der Waals surface area contributed by atoms with Crippen molar-refractivity contribution in [1.82, 2.24) is 4.67 Å². The molecule has 4 nitrogen and oxygen atoms in total. The SMILES string of the molecule is COC(=O)N=P(c1ccccc1)(c1ccccc1C)N(C)[C@H](C)c1ccccc1. The van der Waals surface area contributed by atoms with E-state index in [2.05, 4.69) is 62.0 Å². The predicted octanol–water partition coefficient (Wildman–Crippen LogP) is 5.52. The van der Waals surface area contributed by atoms with Crippen molar-refractivity contribution in [2.75, 3.05) is 14.2 Å². The average Bonchev–Trinajstić information content (AvgIpc) is 2.78. The number of carbonyl (C=O) groups is 1. The van der Waals surface area contributed by atoms with Gasteiger partial charge in [0.1, 0.15) is 7.21 Å². The number of benzene rings is 3. The van der Waals surface area contributed by atoms with Crippen LogP contribution in [0.4, 0.5) is 4.79 Å². The Morgan fingerprint density at radius 1 is 0.931 bits per heavy atom. The van der Waals surface area contributed by atoms with Crippen molar-refractivity contribution < 1.29 is 9.53 Å². The van der Waals surface area contributed by atoms with E-state index in [1.807, 2.05) is 48.5 Å². The van der Waals surface area contributed by atoms with Gasteiger partial charge in [-0.05, 0) is 32.0 Å². The van der Waals surface area contributed by atoms with Crippen LogP contribution in [0.3, 0.4) is 0 Å². The number of carbonyl (C=O) groups excluding carboxylic acids is 1. The van der Waals surface area contributed by atoms with Crippen LogP contribution in [0, 0.1) is 6.92 Å². The molecule has 2 atom stereocenters. The van der Waals surface area contributed by atoms with Crippen LogP contribution in [-0.2, 0) is 4.74 Å². The van der Waals surface area contributed by atoms with Gasteiger partial charge in [-0.25, -0.2) is 4.79 Å². The molecule has 0 saturated carbocycles. The van der Waals surface area contributed by atoms with Crippen molar-refractivity contribution in [3.63, 3.8) is 0 Å². The lowest BCUT2D eigenvalue weighted by Gasteiger charge is -2.39. The summed E-state index contributed by atoms with van der Waals surface area (Å²) >= 11 is 0. The molecular weight excluding hydrogens is 379 g/mol. The van der Waals surface area contributed by atoms with Gasteiger partial charge in [0.15, 0.2) is 0 Å². The van der Waals surface area contributed by atoms with Crippen LogP contribution in [-0.4, -0.2) is 24.9 Å². The van der Waals surface area contributed by atoms with Crippen molar-refractivity contribution >= 4 is 23.9 Å². The summed E-state index contributed by atoms with van der Waals surface area (Å²) in [6.07, 6.45) is -0.558. The monoisotopic (exact) mass is 406 g/mol. The van der Waals surface area contributed by atoms with Gasteiger partial charge in [-0.15, -0.1) is 0 Å². The van der Waals surface area contributed by atoms with Crippen LogP contribution in [0.25, 0.3) is 0 Å². The van der Waals surface area contributed by atoms with E-state index in [-0.39, 0.29) is 6.04 Å². The van der Waals surface area contributed by atoms with Crippen molar-refractivity contribution in [2.45, 2.75) is 19.9 Å². The molecule has 1 amide bonds. The van der Waals surface area contributed by atoms with Gasteiger partial charge in [0.05, 0.1) is 7.11 Å². The van der Waals surface area contributed by atoms with Crippen LogP contribution in [0.5, 0.6) is 0 Å². The number of hydrogen-bond donors (Lipinski definition) is 0. The molecule has 0 aliphatic heterocycles. The normalized spacial score (nSPS) is 14.1. The highest BCUT2D eigenvalue weighted by Gasteiger charge is 2.35. The Hall–Kier alpha value is -2.68. The highest BCUT2D eigenvalue weighted by molar-refractivity contribution is 7.79. The summed E-state index contributed by atoms with van der Waals surface area (Å²) in [5.74, 6) is 0. The summed E-state index contributed by atoms with van der Waals surface area (Å²) in [4.78, 5) is 12.6. The first-order valence-electron chi connectivity index (χ1n) is 9.61. The van der Waals surface area contributed by atoms with Crippen LogP contribution in [0.1, 0.15) is 24.1 Å². The largest absolute Gasteiger partial charge is 0.451 e. The fourth-order valence-electron chi connectivity index (χ4n) is 3.58. The summed E-state index contributed by atoms with van der Waals surface area (Å²) < 4.78 is 12.0. The molecule has 5 heteroatoms. The van der Waals surface area contributed by atoms with Crippen LogP contribution in [0.15, 0.2) is 89.7 Å². The Bertz CT molecular complexity index is 1020. The Kier molecular flexibility index (Phi) is 6.68. The highest BCUT2D eigenvalue weighted by atomic mass is 31.2. The van der Waals surface area contributed by atoms with E-state index >= 15 is 0 Å². The summed E-state index contributed by atoms with van der Waals surface area (Å²) in [5.41, 5.74) is 2.27. The maximum Gasteiger partial charge on any atom is 0.433 e. The Morgan fingerprint density at radius 3 is 2.07 bits per heavy atom. The van der Waals surface area contributed by atoms with E-state index < -0.39 is 13.3 Å². The molecular formula is C24H27N2O2P. The predicted molar refractivity (Wildman–Crippen MR) is 121 cm³/mol. The number of amides is 1. The second-order valence-electron chi connectivity index (χ2n) is 6.95. The first-order valence-corrected chi connectivity index (χ1v) is 11.3. The third kappa shape index (κ3) is 4.19. The number of aryl methyl sites for hydroxylation is 1. The standard InChI is InChI=1S/C24H27N2O2P/c1-19-13-11-12-18-23(19)29(25-24(27)28-4,22-16-9-6-10-17-22)26(3)20(2)21-14-7-5-8-15-21/h5-18,20H,1-4H3/t20-,29?/m1/s1. The lowest BCUT2D eigenvalue weighted by molar-refractivity contribution is 0.183. The molecule has 3 rings (SSSR count). The van der Waals surface area contributed by atoms with Gasteiger partial charge in [0, 0.05) is 16.7 Å². The first kappa shape index (κ1) is 21.0. The lowest BCUT2D eigenvalue weighted by Crippen LogP contribution is -2.33. The van der Waals surface area contributed by atoms with E-state index in [0.717, 1.165) is 16.2 Å². The quantitative estimate of drug-likeness (QED) is 0.524. The van der Waals surface area contributed by atoms with E-state index in [0.29, 0.717) is 0 Å². The molecule has 0 aromatic heterocycles. The minimum absolute atomic E-state index is 0.0396. The van der Waals surface area contributed by atoms with Gasteiger partial charge >= 0.3 is 6.09 Å². The van der Waals surface area contributed by atoms with Crippen molar-refractivity contribution in [2.24, 2.45) is 4.74 Å². The molecule has 0 heterocycles. The topological polar surface area (TPSA) is 41.9 Å². The number of hydrogen-bond acceptors (Lipinski definition) is 2. The number of rotatable bonds is 5. The molecule has 0 aliphatic rings. The van der Waals surface area contributed by atoms with Gasteiger partial charge in [0.2, 0.25) is 0 Å². The maximum absolute atomic E-state index is 12.6. The molecule has 3 aromatic carbocycles. The van der Waals surface area contributed by atoms with Crippen LogP contribution in [0.2, 0.25) is 0 Å². The molecule has 3 aromatic rings. The van der Waals surface area contributed by atoms with E-state index in [9.17, 15) is 4.79 Å². The molecule has 0 bridgehead atoms. The number of methoxy groups -OCH3 is 1. The molecule has 0 saturated heterocycles. The van der Waals surface area contributed by atoms with E-state index in [1.54, 1.807) is 0 Å². The van der Waals surface area contributed by atoms with Gasteiger partial charge in [0.25, 0.3) is 0 Å². The molecule has 0 fully saturated rings.